The SMILES string of the molecule is Cc1cc2cc(C(F)(F)F)nc-2n(CC2(O)CCN(S(=O)(=O)N(C)C)CC2)c1. The molecule has 0 atom stereocenters. The largest absolute Gasteiger partial charge is 0.433 e. The van der Waals surface area contributed by atoms with E-state index in [1.54, 1.807) is 19.2 Å². The van der Waals surface area contributed by atoms with Gasteiger partial charge in [0.25, 0.3) is 10.2 Å². The third-order valence-electron chi connectivity index (χ3n) is 4.99. The summed E-state index contributed by atoms with van der Waals surface area (Å²) in [5.41, 5.74) is -1.12. The lowest BCUT2D eigenvalue weighted by atomic mass is 9.92. The molecule has 0 aromatic rings. The maximum absolute atomic E-state index is 13.0. The molecular weight excluding hydrogens is 397 g/mol. The Kier molecular flexibility index (Phi) is 5.24. The molecule has 3 aliphatic heterocycles. The van der Waals surface area contributed by atoms with Crippen LogP contribution in [0.25, 0.3) is 11.4 Å². The van der Waals surface area contributed by atoms with E-state index in [0.717, 1.165) is 15.9 Å². The Balaban J connectivity index is 1.84. The van der Waals surface area contributed by atoms with Crippen molar-refractivity contribution in [3.63, 3.8) is 0 Å². The summed E-state index contributed by atoms with van der Waals surface area (Å²) < 4.78 is 67.4. The molecule has 0 bridgehead atoms. The van der Waals surface area contributed by atoms with Crippen LogP contribution in [0.3, 0.4) is 0 Å². The highest BCUT2D eigenvalue weighted by molar-refractivity contribution is 7.86. The van der Waals surface area contributed by atoms with E-state index in [9.17, 15) is 26.7 Å². The van der Waals surface area contributed by atoms with Gasteiger partial charge in [0, 0.05) is 38.9 Å². The van der Waals surface area contributed by atoms with Crippen molar-refractivity contribution < 1.29 is 26.7 Å². The number of hydrogen-bond acceptors (Lipinski definition) is 4. The summed E-state index contributed by atoms with van der Waals surface area (Å²) in [5, 5.41) is 11.0. The number of fused-ring (bicyclic) bond motifs is 1. The van der Waals surface area contributed by atoms with Crippen LogP contribution in [0, 0.1) is 6.92 Å². The van der Waals surface area contributed by atoms with Gasteiger partial charge in [-0.1, -0.05) is 0 Å². The van der Waals surface area contributed by atoms with Crippen LogP contribution >= 0.6 is 0 Å². The minimum absolute atomic E-state index is 0.0370. The van der Waals surface area contributed by atoms with E-state index >= 15 is 0 Å². The summed E-state index contributed by atoms with van der Waals surface area (Å²) in [6.45, 7) is 2.06. The van der Waals surface area contributed by atoms with Crippen molar-refractivity contribution in [2.75, 3.05) is 27.2 Å². The third kappa shape index (κ3) is 4.02. The molecule has 3 heterocycles. The number of aromatic nitrogens is 2. The predicted molar refractivity (Wildman–Crippen MR) is 97.0 cm³/mol. The molecule has 0 saturated carbocycles. The summed E-state index contributed by atoms with van der Waals surface area (Å²) in [6, 6.07) is 2.61. The monoisotopic (exact) mass is 420 g/mol. The van der Waals surface area contributed by atoms with Crippen molar-refractivity contribution in [1.82, 2.24) is 18.2 Å². The number of aliphatic hydroxyl groups is 1. The van der Waals surface area contributed by atoms with Crippen molar-refractivity contribution in [1.29, 1.82) is 0 Å². The van der Waals surface area contributed by atoms with Gasteiger partial charge in [0.15, 0.2) is 0 Å². The topological polar surface area (TPSA) is 78.7 Å². The van der Waals surface area contributed by atoms with Crippen LogP contribution in [0.15, 0.2) is 18.3 Å². The molecule has 3 rings (SSSR count). The van der Waals surface area contributed by atoms with Gasteiger partial charge >= 0.3 is 6.18 Å². The fourth-order valence-corrected chi connectivity index (χ4v) is 4.56. The summed E-state index contributed by atoms with van der Waals surface area (Å²) >= 11 is 0. The maximum Gasteiger partial charge on any atom is 0.433 e. The number of halogens is 3. The molecule has 1 saturated heterocycles. The molecule has 0 aromatic carbocycles. The molecule has 156 valence electrons. The number of pyridine rings is 1. The van der Waals surface area contributed by atoms with Crippen molar-refractivity contribution in [2.24, 2.45) is 0 Å². The summed E-state index contributed by atoms with van der Waals surface area (Å²) in [5.74, 6) is 0.148. The first-order valence-electron chi connectivity index (χ1n) is 8.77. The molecule has 0 aromatic heterocycles. The Morgan fingerprint density at radius 1 is 1.25 bits per heavy atom. The quantitative estimate of drug-likeness (QED) is 0.820. The molecule has 28 heavy (non-hydrogen) atoms. The molecular formula is C17H23F3N4O3S. The molecule has 0 spiro atoms. The fraction of sp³-hybridized carbons (Fsp3) is 0.588. The number of rotatable bonds is 4. The van der Waals surface area contributed by atoms with E-state index < -0.39 is 27.7 Å². The molecule has 1 fully saturated rings. The van der Waals surface area contributed by atoms with E-state index in [1.165, 1.54) is 23.0 Å². The zero-order valence-electron chi connectivity index (χ0n) is 15.9. The Hall–Kier alpha value is -1.69. The zero-order chi connectivity index (χ0) is 20.9. The standard InChI is InChI=1S/C17H23F3N4O3S/c1-12-8-13-9-14(17(18,19)20)21-15(13)23(10-12)11-16(25)4-6-24(7-5-16)28(26,27)22(2)3/h8-10,25H,4-7,11H2,1-3H3. The van der Waals surface area contributed by atoms with E-state index in [2.05, 4.69) is 4.98 Å². The van der Waals surface area contributed by atoms with Gasteiger partial charge in [-0.15, -0.1) is 0 Å². The fourth-order valence-electron chi connectivity index (χ4n) is 3.45. The molecule has 3 aliphatic rings. The number of hydrogen-bond donors (Lipinski definition) is 1. The lowest BCUT2D eigenvalue weighted by Gasteiger charge is -2.39. The smallest absolute Gasteiger partial charge is 0.388 e. The van der Waals surface area contributed by atoms with Gasteiger partial charge in [-0.3, -0.25) is 0 Å². The summed E-state index contributed by atoms with van der Waals surface area (Å²) in [6.07, 6.45) is -2.55. The second-order valence-electron chi connectivity index (χ2n) is 7.48. The van der Waals surface area contributed by atoms with Crippen molar-refractivity contribution >= 4 is 10.2 Å². The van der Waals surface area contributed by atoms with Crippen molar-refractivity contribution in [3.05, 3.63) is 29.6 Å². The van der Waals surface area contributed by atoms with Crippen LogP contribution in [0.4, 0.5) is 13.2 Å². The molecule has 11 heteroatoms. The average Bonchev–Trinajstić information content (AvgIpc) is 2.99. The zero-order valence-corrected chi connectivity index (χ0v) is 16.7. The van der Waals surface area contributed by atoms with Gasteiger partial charge in [-0.05, 0) is 37.5 Å². The highest BCUT2D eigenvalue weighted by Crippen LogP contribution is 2.35. The van der Waals surface area contributed by atoms with Crippen molar-refractivity contribution in [2.45, 2.75) is 38.1 Å². The van der Waals surface area contributed by atoms with Crippen molar-refractivity contribution in [3.8, 4) is 11.4 Å². The molecule has 1 N–H and O–H groups in total. The first kappa shape index (κ1) is 21.0. The predicted octanol–water partition coefficient (Wildman–Crippen LogP) is 1.95. The molecule has 7 nitrogen and oxygen atoms in total. The van der Waals surface area contributed by atoms with Crippen LogP contribution in [-0.4, -0.2) is 64.5 Å². The van der Waals surface area contributed by atoms with Gasteiger partial charge in [0.1, 0.15) is 11.5 Å². The number of alkyl halides is 3. The maximum atomic E-state index is 13.0. The highest BCUT2D eigenvalue weighted by atomic mass is 32.2. The van der Waals surface area contributed by atoms with Crippen LogP contribution in [0.2, 0.25) is 0 Å². The Labute approximate surface area is 161 Å². The lowest BCUT2D eigenvalue weighted by molar-refractivity contribution is -0.140. The van der Waals surface area contributed by atoms with Crippen LogP contribution < -0.4 is 0 Å². The minimum atomic E-state index is -4.55. The molecule has 0 unspecified atom stereocenters. The van der Waals surface area contributed by atoms with E-state index in [4.69, 9.17) is 0 Å². The van der Waals surface area contributed by atoms with Gasteiger partial charge in [-0.2, -0.15) is 30.2 Å². The number of piperidine rings is 1. The Bertz CT molecular complexity index is 932. The van der Waals surface area contributed by atoms with E-state index in [1.807, 2.05) is 0 Å². The van der Waals surface area contributed by atoms with Gasteiger partial charge in [0.2, 0.25) is 0 Å². The number of aryl methyl sites for hydroxylation is 1. The van der Waals surface area contributed by atoms with Crippen LogP contribution in [0.1, 0.15) is 24.1 Å². The summed E-state index contributed by atoms with van der Waals surface area (Å²) in [4.78, 5) is 3.71. The summed E-state index contributed by atoms with van der Waals surface area (Å²) in [7, 11) is -0.687. The first-order chi connectivity index (χ1) is 12.8. The first-order valence-corrected chi connectivity index (χ1v) is 10.2. The van der Waals surface area contributed by atoms with Gasteiger partial charge < -0.3 is 9.67 Å². The number of nitrogens with zero attached hydrogens (tertiary/aromatic N) is 4. The van der Waals surface area contributed by atoms with Crippen LogP contribution in [-0.2, 0) is 22.9 Å². The Morgan fingerprint density at radius 2 is 1.86 bits per heavy atom. The average molecular weight is 420 g/mol. The second kappa shape index (κ2) is 6.97. The van der Waals surface area contributed by atoms with Crippen LogP contribution in [0.5, 0.6) is 0 Å². The second-order valence-corrected chi connectivity index (χ2v) is 9.62. The Morgan fingerprint density at radius 3 is 2.39 bits per heavy atom. The van der Waals surface area contributed by atoms with Gasteiger partial charge in [0.05, 0.1) is 12.1 Å². The lowest BCUT2D eigenvalue weighted by Crippen LogP contribution is -2.51. The third-order valence-corrected chi connectivity index (χ3v) is 6.93. The molecule has 0 aliphatic carbocycles. The van der Waals surface area contributed by atoms with E-state index in [-0.39, 0.29) is 38.3 Å². The molecule has 0 radical (unpaired) electrons. The minimum Gasteiger partial charge on any atom is -0.388 e. The highest BCUT2D eigenvalue weighted by Gasteiger charge is 2.39. The normalized spacial score (nSPS) is 18.9. The van der Waals surface area contributed by atoms with E-state index in [0.29, 0.717) is 5.56 Å². The molecule has 0 amide bonds. The van der Waals surface area contributed by atoms with Gasteiger partial charge in [-0.25, -0.2) is 4.98 Å².